The number of aliphatic hydroxyl groups excluding tert-OH is 1. The van der Waals surface area contributed by atoms with E-state index in [0.29, 0.717) is 0 Å². The van der Waals surface area contributed by atoms with Crippen LogP contribution < -0.4 is 4.90 Å². The third-order valence-electron chi connectivity index (χ3n) is 5.13. The summed E-state index contributed by atoms with van der Waals surface area (Å²) in [5, 5.41) is 12.0. The molecule has 0 radical (unpaired) electrons. The number of aromatic nitrogens is 1. The van der Waals surface area contributed by atoms with Gasteiger partial charge in [-0.3, -0.25) is 0 Å². The van der Waals surface area contributed by atoms with Gasteiger partial charge in [-0.15, -0.1) is 0 Å². The minimum absolute atomic E-state index is 0.0978. The summed E-state index contributed by atoms with van der Waals surface area (Å²) in [5.74, 6) is 0. The highest BCUT2D eigenvalue weighted by molar-refractivity contribution is 6.09. The van der Waals surface area contributed by atoms with E-state index in [1.54, 1.807) is 0 Å². The lowest BCUT2D eigenvalue weighted by Crippen LogP contribution is -2.29. The van der Waals surface area contributed by atoms with Crippen LogP contribution in [0.1, 0.15) is 31.7 Å². The highest BCUT2D eigenvalue weighted by Crippen LogP contribution is 2.33. The van der Waals surface area contributed by atoms with Crippen LogP contribution in [0.5, 0.6) is 0 Å². The van der Waals surface area contributed by atoms with Gasteiger partial charge >= 0.3 is 0 Å². The van der Waals surface area contributed by atoms with E-state index < -0.39 is 0 Å². The summed E-state index contributed by atoms with van der Waals surface area (Å²) in [6.07, 6.45) is 3.96. The Morgan fingerprint density at radius 1 is 0.913 bits per heavy atom. The molecule has 3 heteroatoms. The Morgan fingerprint density at radius 3 is 2.48 bits per heavy atom. The Morgan fingerprint density at radius 2 is 1.74 bits per heavy atom. The van der Waals surface area contributed by atoms with E-state index in [-0.39, 0.29) is 6.61 Å². The van der Waals surface area contributed by atoms with Gasteiger partial charge in [0.25, 0.3) is 0 Å². The fourth-order valence-corrected chi connectivity index (χ4v) is 3.92. The summed E-state index contributed by atoms with van der Waals surface area (Å²) < 4.78 is 2.39. The van der Waals surface area contributed by atoms with Gasteiger partial charge in [-0.05, 0) is 56.0 Å². The number of aliphatic hydroxyl groups is 1. The third kappa shape index (κ3) is 2.40. The molecular weight excluding hydrogens is 284 g/mol. The number of aryl methyl sites for hydroxylation is 1. The van der Waals surface area contributed by atoms with Crippen LogP contribution in [0.3, 0.4) is 0 Å². The van der Waals surface area contributed by atoms with Gasteiger partial charge in [0.05, 0.1) is 12.1 Å². The lowest BCUT2D eigenvalue weighted by molar-refractivity contribution is 0.282. The first kappa shape index (κ1) is 14.6. The molecule has 0 bridgehead atoms. The summed E-state index contributed by atoms with van der Waals surface area (Å²) in [7, 11) is 0. The second-order valence-electron chi connectivity index (χ2n) is 6.50. The van der Waals surface area contributed by atoms with Crippen LogP contribution in [0, 0.1) is 0 Å². The van der Waals surface area contributed by atoms with Gasteiger partial charge in [0.15, 0.2) is 0 Å². The van der Waals surface area contributed by atoms with E-state index >= 15 is 0 Å². The Balaban J connectivity index is 1.91. The van der Waals surface area contributed by atoms with Crippen molar-refractivity contribution in [3.05, 3.63) is 42.0 Å². The topological polar surface area (TPSA) is 28.4 Å². The van der Waals surface area contributed by atoms with Crippen LogP contribution >= 0.6 is 0 Å². The zero-order valence-corrected chi connectivity index (χ0v) is 13.8. The standard InChI is InChI=1S/C20H24N2O/c1-2-22-19-9-6-15(14-23)12-18(19)17-8-7-16(13-20(17)22)21-10-4-3-5-11-21/h6-9,12-13,23H,2-5,10-11,14H2,1H3. The molecule has 0 spiro atoms. The number of piperidine rings is 1. The summed E-state index contributed by atoms with van der Waals surface area (Å²) in [6.45, 7) is 5.61. The third-order valence-corrected chi connectivity index (χ3v) is 5.13. The van der Waals surface area contributed by atoms with Crippen molar-refractivity contribution in [1.29, 1.82) is 0 Å². The molecule has 0 atom stereocenters. The summed E-state index contributed by atoms with van der Waals surface area (Å²) in [4.78, 5) is 2.51. The summed E-state index contributed by atoms with van der Waals surface area (Å²) >= 11 is 0. The zero-order valence-electron chi connectivity index (χ0n) is 13.8. The molecule has 1 aliphatic rings. The first-order chi connectivity index (χ1) is 11.3. The summed E-state index contributed by atoms with van der Waals surface area (Å²) in [6, 6.07) is 13.2. The molecule has 1 fully saturated rings. The maximum absolute atomic E-state index is 9.43. The van der Waals surface area contributed by atoms with Gasteiger partial charge in [-0.2, -0.15) is 0 Å². The highest BCUT2D eigenvalue weighted by Gasteiger charge is 2.15. The van der Waals surface area contributed by atoms with E-state index in [0.717, 1.165) is 12.1 Å². The molecule has 3 aromatic rings. The Labute approximate surface area is 137 Å². The first-order valence-corrected chi connectivity index (χ1v) is 8.72. The molecule has 1 aromatic heterocycles. The molecule has 0 saturated carbocycles. The van der Waals surface area contributed by atoms with E-state index in [9.17, 15) is 5.11 Å². The molecule has 4 rings (SSSR count). The van der Waals surface area contributed by atoms with Gasteiger partial charge in [0, 0.05) is 41.6 Å². The monoisotopic (exact) mass is 308 g/mol. The maximum Gasteiger partial charge on any atom is 0.0682 e. The predicted octanol–water partition coefficient (Wildman–Crippen LogP) is 4.30. The van der Waals surface area contributed by atoms with Crippen molar-refractivity contribution in [3.63, 3.8) is 0 Å². The quantitative estimate of drug-likeness (QED) is 0.781. The number of benzene rings is 2. The van der Waals surface area contributed by atoms with Crippen LogP contribution in [0.15, 0.2) is 36.4 Å². The molecule has 2 aromatic carbocycles. The van der Waals surface area contributed by atoms with Crippen LogP contribution in [0.4, 0.5) is 5.69 Å². The van der Waals surface area contributed by atoms with Crippen molar-refractivity contribution in [2.75, 3.05) is 18.0 Å². The van der Waals surface area contributed by atoms with Crippen molar-refractivity contribution < 1.29 is 5.11 Å². The maximum atomic E-state index is 9.43. The second kappa shape index (κ2) is 5.89. The number of rotatable bonds is 3. The predicted molar refractivity (Wildman–Crippen MR) is 97.1 cm³/mol. The smallest absolute Gasteiger partial charge is 0.0682 e. The average Bonchev–Trinajstić information content (AvgIpc) is 2.94. The van der Waals surface area contributed by atoms with Crippen molar-refractivity contribution >= 4 is 27.5 Å². The zero-order chi connectivity index (χ0) is 15.8. The Hall–Kier alpha value is -2.00. The molecule has 3 nitrogen and oxygen atoms in total. The molecule has 23 heavy (non-hydrogen) atoms. The molecule has 1 aliphatic heterocycles. The number of nitrogens with zero attached hydrogens (tertiary/aromatic N) is 2. The number of hydrogen-bond donors (Lipinski definition) is 1. The van der Waals surface area contributed by atoms with Crippen molar-refractivity contribution in [3.8, 4) is 0 Å². The van der Waals surface area contributed by atoms with Gasteiger partial charge in [-0.25, -0.2) is 0 Å². The minimum Gasteiger partial charge on any atom is -0.392 e. The lowest BCUT2D eigenvalue weighted by atomic mass is 10.1. The number of anilines is 1. The fourth-order valence-electron chi connectivity index (χ4n) is 3.92. The molecule has 0 aliphatic carbocycles. The van der Waals surface area contributed by atoms with Crippen LogP contribution in [-0.2, 0) is 13.2 Å². The molecule has 0 amide bonds. The molecule has 2 heterocycles. The van der Waals surface area contributed by atoms with Crippen molar-refractivity contribution in [2.45, 2.75) is 39.3 Å². The van der Waals surface area contributed by atoms with Crippen LogP contribution in [0.25, 0.3) is 21.8 Å². The number of fused-ring (bicyclic) bond motifs is 3. The van der Waals surface area contributed by atoms with E-state index in [2.05, 4.69) is 46.7 Å². The lowest BCUT2D eigenvalue weighted by Gasteiger charge is -2.29. The molecule has 1 saturated heterocycles. The molecule has 1 N–H and O–H groups in total. The van der Waals surface area contributed by atoms with Crippen molar-refractivity contribution in [1.82, 2.24) is 4.57 Å². The normalized spacial score (nSPS) is 15.7. The van der Waals surface area contributed by atoms with Crippen LogP contribution in [-0.4, -0.2) is 22.8 Å². The molecule has 120 valence electrons. The van der Waals surface area contributed by atoms with Crippen LogP contribution in [0.2, 0.25) is 0 Å². The van der Waals surface area contributed by atoms with E-state index in [1.807, 2.05) is 6.07 Å². The summed E-state index contributed by atoms with van der Waals surface area (Å²) in [5.41, 5.74) is 4.89. The molecule has 0 unspecified atom stereocenters. The van der Waals surface area contributed by atoms with Gasteiger partial charge in [0.2, 0.25) is 0 Å². The Bertz CT molecular complexity index is 844. The van der Waals surface area contributed by atoms with Gasteiger partial charge in [-0.1, -0.05) is 12.1 Å². The fraction of sp³-hybridized carbons (Fsp3) is 0.400. The van der Waals surface area contributed by atoms with E-state index in [4.69, 9.17) is 0 Å². The largest absolute Gasteiger partial charge is 0.392 e. The number of hydrogen-bond acceptors (Lipinski definition) is 2. The van der Waals surface area contributed by atoms with Crippen molar-refractivity contribution in [2.24, 2.45) is 0 Å². The minimum atomic E-state index is 0.0978. The average molecular weight is 308 g/mol. The van der Waals surface area contributed by atoms with E-state index in [1.165, 1.54) is 59.8 Å². The SMILES string of the molecule is CCn1c2ccc(CO)cc2c2ccc(N3CCCCC3)cc21. The second-order valence-corrected chi connectivity index (χ2v) is 6.50. The highest BCUT2D eigenvalue weighted by atomic mass is 16.3. The molecular formula is C20H24N2O. The Kier molecular flexibility index (Phi) is 3.74. The van der Waals surface area contributed by atoms with Gasteiger partial charge < -0.3 is 14.6 Å². The first-order valence-electron chi connectivity index (χ1n) is 8.72. The van der Waals surface area contributed by atoms with Gasteiger partial charge in [0.1, 0.15) is 0 Å².